The molecule has 0 bridgehead atoms. The fraction of sp³-hybridized carbons (Fsp3) is 0.500. The summed E-state index contributed by atoms with van der Waals surface area (Å²) in [6.07, 6.45) is 2.97. The number of hydrogen-bond donors (Lipinski definition) is 2. The molecule has 0 heterocycles. The van der Waals surface area contributed by atoms with E-state index in [1.807, 2.05) is 60.7 Å². The van der Waals surface area contributed by atoms with Gasteiger partial charge in [-0.3, -0.25) is 19.2 Å². The number of carbonyl (C=O) groups excluding carboxylic acids is 4. The van der Waals surface area contributed by atoms with Crippen molar-refractivity contribution >= 4 is 23.6 Å². The molecule has 0 aromatic heterocycles. The van der Waals surface area contributed by atoms with E-state index >= 15 is 0 Å². The van der Waals surface area contributed by atoms with Crippen LogP contribution < -0.4 is 10.6 Å². The summed E-state index contributed by atoms with van der Waals surface area (Å²) in [6, 6.07) is 16.7. The fourth-order valence-corrected chi connectivity index (χ4v) is 4.08. The quantitative estimate of drug-likeness (QED) is 0.167. The number of unbranched alkanes of at least 4 members (excludes halogenated alkanes) is 1. The number of hydrogen-bond acceptors (Lipinski definition) is 6. The van der Waals surface area contributed by atoms with Gasteiger partial charge in [-0.1, -0.05) is 87.4 Å². The smallest absolute Gasteiger partial charge is 0.319 e. The van der Waals surface area contributed by atoms with Crippen LogP contribution in [0.4, 0.5) is 0 Å². The van der Waals surface area contributed by atoms with Crippen molar-refractivity contribution in [2.45, 2.75) is 85.6 Å². The van der Waals surface area contributed by atoms with E-state index in [0.29, 0.717) is 12.3 Å². The van der Waals surface area contributed by atoms with Crippen LogP contribution in [-0.2, 0) is 41.9 Å². The summed E-state index contributed by atoms with van der Waals surface area (Å²) in [5, 5.41) is 5.42. The molecule has 0 fully saturated rings. The summed E-state index contributed by atoms with van der Waals surface area (Å²) in [4.78, 5) is 51.8. The van der Waals surface area contributed by atoms with Crippen LogP contribution in [0, 0.1) is 11.3 Å². The third kappa shape index (κ3) is 11.3. The van der Waals surface area contributed by atoms with Crippen molar-refractivity contribution in [3.8, 4) is 0 Å². The highest BCUT2D eigenvalue weighted by Gasteiger charge is 2.41. The highest BCUT2D eigenvalue weighted by Crippen LogP contribution is 2.22. The fourth-order valence-electron chi connectivity index (χ4n) is 4.08. The van der Waals surface area contributed by atoms with E-state index in [1.165, 1.54) is 20.8 Å². The lowest BCUT2D eigenvalue weighted by Crippen LogP contribution is -2.55. The Kier molecular flexibility index (Phi) is 13.5. The number of esters is 1. The zero-order valence-electron chi connectivity index (χ0n) is 24.4. The van der Waals surface area contributed by atoms with Gasteiger partial charge in [0.25, 0.3) is 0 Å². The minimum absolute atomic E-state index is 0.0428. The van der Waals surface area contributed by atoms with Crippen LogP contribution >= 0.6 is 0 Å². The molecule has 0 saturated heterocycles. The Morgan fingerprint density at radius 3 is 1.95 bits per heavy atom. The Hall–Kier alpha value is -3.52. The zero-order valence-corrected chi connectivity index (χ0v) is 24.4. The molecular weight excluding hydrogens is 508 g/mol. The lowest BCUT2D eigenvalue weighted by Gasteiger charge is -2.27. The number of ether oxygens (including phenoxy) is 2. The summed E-state index contributed by atoms with van der Waals surface area (Å²) >= 11 is 0. The monoisotopic (exact) mass is 552 g/mol. The minimum Gasteiger partial charge on any atom is -0.460 e. The van der Waals surface area contributed by atoms with E-state index in [4.69, 9.17) is 9.47 Å². The van der Waals surface area contributed by atoms with E-state index in [-0.39, 0.29) is 25.7 Å². The second-order valence-corrected chi connectivity index (χ2v) is 11.0. The van der Waals surface area contributed by atoms with Gasteiger partial charge in [-0.2, -0.15) is 0 Å². The maximum atomic E-state index is 13.2. The van der Waals surface area contributed by atoms with Gasteiger partial charge < -0.3 is 20.1 Å². The molecule has 40 heavy (non-hydrogen) atoms. The molecule has 218 valence electrons. The van der Waals surface area contributed by atoms with E-state index in [1.54, 1.807) is 0 Å². The topological polar surface area (TPSA) is 111 Å². The van der Waals surface area contributed by atoms with E-state index in [9.17, 15) is 19.2 Å². The van der Waals surface area contributed by atoms with Crippen LogP contribution in [0.2, 0.25) is 0 Å². The lowest BCUT2D eigenvalue weighted by molar-refractivity contribution is -0.160. The predicted molar refractivity (Wildman–Crippen MR) is 154 cm³/mol. The van der Waals surface area contributed by atoms with Gasteiger partial charge in [0.15, 0.2) is 5.78 Å². The summed E-state index contributed by atoms with van der Waals surface area (Å²) in [5.74, 6) is -1.43. The van der Waals surface area contributed by atoms with Crippen LogP contribution in [0.25, 0.3) is 0 Å². The number of benzene rings is 2. The first-order valence-electron chi connectivity index (χ1n) is 14.0. The van der Waals surface area contributed by atoms with Gasteiger partial charge in [0.1, 0.15) is 18.1 Å². The maximum Gasteiger partial charge on any atom is 0.319 e. The van der Waals surface area contributed by atoms with Crippen LogP contribution in [0.3, 0.4) is 0 Å². The largest absolute Gasteiger partial charge is 0.460 e. The summed E-state index contributed by atoms with van der Waals surface area (Å²) in [7, 11) is 0. The Labute approximate surface area is 238 Å². The first kappa shape index (κ1) is 32.7. The van der Waals surface area contributed by atoms with E-state index < -0.39 is 35.2 Å². The van der Waals surface area contributed by atoms with Crippen molar-refractivity contribution in [1.82, 2.24) is 10.6 Å². The van der Waals surface area contributed by atoms with Gasteiger partial charge >= 0.3 is 5.97 Å². The van der Waals surface area contributed by atoms with Crippen molar-refractivity contribution < 1.29 is 28.7 Å². The average Bonchev–Trinajstić information content (AvgIpc) is 2.93. The molecule has 0 radical (unpaired) electrons. The van der Waals surface area contributed by atoms with Gasteiger partial charge in [-0.15, -0.1) is 0 Å². The SMILES string of the molecule is CC(C)CCCCC(=O)N[C@@H](COCc1ccccc1)C(=O)N[C@@H](C)C(=O)C(C)(C)C(=O)OCc1ccccc1. The van der Waals surface area contributed by atoms with Crippen molar-refractivity contribution in [2.24, 2.45) is 11.3 Å². The maximum absolute atomic E-state index is 13.2. The molecule has 8 heteroatoms. The Balaban J connectivity index is 1.98. The van der Waals surface area contributed by atoms with Crippen LogP contribution in [0.15, 0.2) is 60.7 Å². The molecule has 2 aromatic carbocycles. The lowest BCUT2D eigenvalue weighted by atomic mass is 9.84. The van der Waals surface area contributed by atoms with Crippen LogP contribution in [0.5, 0.6) is 0 Å². The molecule has 2 N–H and O–H groups in total. The van der Waals surface area contributed by atoms with Crippen molar-refractivity contribution in [1.29, 1.82) is 0 Å². The molecule has 2 aromatic rings. The molecule has 2 rings (SSSR count). The Morgan fingerprint density at radius 2 is 1.38 bits per heavy atom. The van der Waals surface area contributed by atoms with Gasteiger partial charge in [-0.05, 0) is 44.2 Å². The standard InChI is InChI=1S/C32H44N2O6/c1-23(2)14-12-13-19-28(35)34-27(22-39-20-25-15-8-6-9-16-25)30(37)33-24(3)29(36)32(4,5)31(38)40-21-26-17-10-7-11-18-26/h6-11,15-18,23-24,27H,12-14,19-22H2,1-5H3,(H,33,37)(H,34,35)/t24-,27-/m0/s1. The normalized spacial score (nSPS) is 12.8. The molecule has 0 spiro atoms. The summed E-state index contributed by atoms with van der Waals surface area (Å²) < 4.78 is 11.1. The number of carbonyl (C=O) groups is 4. The predicted octanol–water partition coefficient (Wildman–Crippen LogP) is 4.75. The third-order valence-corrected chi connectivity index (χ3v) is 6.57. The number of amides is 2. The number of ketones is 1. The molecule has 0 saturated carbocycles. The summed E-state index contributed by atoms with van der Waals surface area (Å²) in [5.41, 5.74) is 0.250. The van der Waals surface area contributed by atoms with E-state index in [0.717, 1.165) is 30.4 Å². The van der Waals surface area contributed by atoms with Gasteiger partial charge in [0.2, 0.25) is 11.8 Å². The molecule has 0 aliphatic heterocycles. The van der Waals surface area contributed by atoms with Gasteiger partial charge in [0, 0.05) is 6.42 Å². The Morgan fingerprint density at radius 1 is 0.800 bits per heavy atom. The van der Waals surface area contributed by atoms with Gasteiger partial charge in [0.05, 0.1) is 19.3 Å². The second kappa shape index (κ2) is 16.6. The zero-order chi connectivity index (χ0) is 29.5. The second-order valence-electron chi connectivity index (χ2n) is 11.0. The molecule has 8 nitrogen and oxygen atoms in total. The highest BCUT2D eigenvalue weighted by molar-refractivity contribution is 6.06. The highest BCUT2D eigenvalue weighted by atomic mass is 16.5. The number of nitrogens with one attached hydrogen (secondary N) is 2. The molecule has 0 aliphatic rings. The minimum atomic E-state index is -1.49. The molecule has 2 atom stereocenters. The van der Waals surface area contributed by atoms with Crippen LogP contribution in [0.1, 0.15) is 71.4 Å². The van der Waals surface area contributed by atoms with Crippen molar-refractivity contribution in [3.05, 3.63) is 71.8 Å². The van der Waals surface area contributed by atoms with E-state index in [2.05, 4.69) is 24.5 Å². The number of Topliss-reactive ketones (excluding diaryl/α,β-unsaturated/α-hetero) is 1. The van der Waals surface area contributed by atoms with Crippen molar-refractivity contribution in [3.63, 3.8) is 0 Å². The third-order valence-electron chi connectivity index (χ3n) is 6.57. The molecular formula is C32H44N2O6. The molecule has 0 unspecified atom stereocenters. The number of rotatable bonds is 17. The van der Waals surface area contributed by atoms with Gasteiger partial charge in [-0.25, -0.2) is 0 Å². The van der Waals surface area contributed by atoms with Crippen molar-refractivity contribution in [2.75, 3.05) is 6.61 Å². The Bertz CT molecular complexity index is 1090. The average molecular weight is 553 g/mol. The molecule has 2 amide bonds. The first-order chi connectivity index (χ1) is 19.0. The summed E-state index contributed by atoms with van der Waals surface area (Å²) in [6.45, 7) is 8.98. The van der Waals surface area contributed by atoms with Crippen LogP contribution in [-0.4, -0.2) is 42.3 Å². The molecule has 0 aliphatic carbocycles. The first-order valence-corrected chi connectivity index (χ1v) is 14.0.